The molecule has 2 heterocycles. The van der Waals surface area contributed by atoms with Crippen LogP contribution in [0.4, 0.5) is 4.39 Å². The van der Waals surface area contributed by atoms with E-state index >= 15 is 0 Å². The zero-order valence-electron chi connectivity index (χ0n) is 12.7. The van der Waals surface area contributed by atoms with Crippen LogP contribution >= 0.6 is 0 Å². The van der Waals surface area contributed by atoms with E-state index < -0.39 is 0 Å². The Hall–Kier alpha value is -2.13. The first-order chi connectivity index (χ1) is 10.6. The molecule has 1 aliphatic heterocycles. The van der Waals surface area contributed by atoms with Gasteiger partial charge in [0.05, 0.1) is 11.8 Å². The number of aromatic nitrogens is 1. The lowest BCUT2D eigenvalue weighted by atomic mass is 10.0. The summed E-state index contributed by atoms with van der Waals surface area (Å²) in [5.74, 6) is -0.218. The molecule has 0 saturated heterocycles. The molecule has 0 amide bonds. The minimum Gasteiger partial charge on any atom is -0.362 e. The second kappa shape index (κ2) is 4.96. The van der Waals surface area contributed by atoms with Gasteiger partial charge < -0.3 is 9.30 Å². The van der Waals surface area contributed by atoms with Crippen molar-refractivity contribution in [3.63, 3.8) is 0 Å². The Bertz CT molecular complexity index is 835. The van der Waals surface area contributed by atoms with Crippen LogP contribution in [0.15, 0.2) is 48.5 Å². The van der Waals surface area contributed by atoms with E-state index in [2.05, 4.69) is 42.7 Å². The molecular weight excluding hydrogens is 277 g/mol. The summed E-state index contributed by atoms with van der Waals surface area (Å²) in [4.78, 5) is 0. The molecule has 0 saturated carbocycles. The molecule has 2 nitrogen and oxygen atoms in total. The van der Waals surface area contributed by atoms with Crippen molar-refractivity contribution < 1.29 is 9.13 Å². The predicted molar refractivity (Wildman–Crippen MR) is 85.5 cm³/mol. The molecule has 0 N–H and O–H groups in total. The summed E-state index contributed by atoms with van der Waals surface area (Å²) in [6, 6.07) is 15.1. The normalized spacial score (nSPS) is 21.0. The first-order valence-electron chi connectivity index (χ1n) is 7.64. The Labute approximate surface area is 129 Å². The third-order valence-electron chi connectivity index (χ3n) is 4.50. The fourth-order valence-corrected chi connectivity index (χ4v) is 3.50. The maximum absolute atomic E-state index is 13.2. The van der Waals surface area contributed by atoms with E-state index in [1.54, 1.807) is 0 Å². The monoisotopic (exact) mass is 295 g/mol. The van der Waals surface area contributed by atoms with Crippen LogP contribution in [0.5, 0.6) is 0 Å². The maximum Gasteiger partial charge on any atom is 0.123 e. The van der Waals surface area contributed by atoms with Gasteiger partial charge in [-0.2, -0.15) is 0 Å². The van der Waals surface area contributed by atoms with Gasteiger partial charge in [-0.05, 0) is 43.2 Å². The summed E-state index contributed by atoms with van der Waals surface area (Å²) in [5, 5.41) is 1.27. The SMILES string of the molecule is Cc1c2n(c3ccccc13)C[C@H](C)O[C@H]2c1ccc(F)cc1. The summed E-state index contributed by atoms with van der Waals surface area (Å²) < 4.78 is 21.8. The lowest BCUT2D eigenvalue weighted by Crippen LogP contribution is -2.29. The number of aryl methyl sites for hydroxylation is 1. The Balaban J connectivity index is 1.95. The number of hydrogen-bond acceptors (Lipinski definition) is 1. The summed E-state index contributed by atoms with van der Waals surface area (Å²) in [5.41, 5.74) is 4.68. The van der Waals surface area contributed by atoms with Crippen molar-refractivity contribution in [2.24, 2.45) is 0 Å². The van der Waals surface area contributed by atoms with Gasteiger partial charge in [0.25, 0.3) is 0 Å². The molecule has 3 aromatic rings. The molecule has 0 aliphatic carbocycles. The fraction of sp³-hybridized carbons (Fsp3) is 0.263. The van der Waals surface area contributed by atoms with Crippen molar-refractivity contribution >= 4 is 10.9 Å². The van der Waals surface area contributed by atoms with Crippen LogP contribution in [0, 0.1) is 12.7 Å². The van der Waals surface area contributed by atoms with E-state index in [9.17, 15) is 4.39 Å². The van der Waals surface area contributed by atoms with Gasteiger partial charge in [0.15, 0.2) is 0 Å². The van der Waals surface area contributed by atoms with Crippen LogP contribution in [-0.2, 0) is 11.3 Å². The van der Waals surface area contributed by atoms with Crippen molar-refractivity contribution in [1.29, 1.82) is 0 Å². The molecule has 0 spiro atoms. The standard InChI is InChI=1S/C19H18FNO/c1-12-11-21-17-6-4-3-5-16(17)13(2)18(21)19(22-12)14-7-9-15(20)10-8-14/h3-10,12,19H,11H2,1-2H3/t12-,19-/m0/s1. The van der Waals surface area contributed by atoms with E-state index in [4.69, 9.17) is 4.74 Å². The molecule has 3 heteroatoms. The van der Waals surface area contributed by atoms with E-state index in [0.717, 1.165) is 12.1 Å². The van der Waals surface area contributed by atoms with Gasteiger partial charge in [-0.3, -0.25) is 0 Å². The highest BCUT2D eigenvalue weighted by atomic mass is 19.1. The summed E-state index contributed by atoms with van der Waals surface area (Å²) in [6.07, 6.45) is -0.0190. The van der Waals surface area contributed by atoms with Gasteiger partial charge in [0, 0.05) is 17.4 Å². The number of rotatable bonds is 1. The third kappa shape index (κ3) is 1.97. The smallest absolute Gasteiger partial charge is 0.123 e. The van der Waals surface area contributed by atoms with Crippen molar-refractivity contribution in [3.8, 4) is 0 Å². The van der Waals surface area contributed by atoms with E-state index in [1.807, 2.05) is 12.1 Å². The largest absolute Gasteiger partial charge is 0.362 e. The average Bonchev–Trinajstić information content (AvgIpc) is 2.81. The molecular formula is C19H18FNO. The Morgan fingerprint density at radius 3 is 2.59 bits per heavy atom. The number of fused-ring (bicyclic) bond motifs is 3. The molecule has 0 bridgehead atoms. The quantitative estimate of drug-likeness (QED) is 0.640. The van der Waals surface area contributed by atoms with Crippen LogP contribution in [0.3, 0.4) is 0 Å². The highest BCUT2D eigenvalue weighted by Crippen LogP contribution is 2.39. The van der Waals surface area contributed by atoms with Gasteiger partial charge in [-0.15, -0.1) is 0 Å². The maximum atomic E-state index is 13.2. The minimum absolute atomic E-state index is 0.123. The molecule has 4 rings (SSSR count). The highest BCUT2D eigenvalue weighted by Gasteiger charge is 2.30. The number of hydrogen-bond donors (Lipinski definition) is 0. The lowest BCUT2D eigenvalue weighted by molar-refractivity contribution is -0.0146. The van der Waals surface area contributed by atoms with Crippen molar-refractivity contribution in [2.45, 2.75) is 32.6 Å². The highest BCUT2D eigenvalue weighted by molar-refractivity contribution is 5.85. The first kappa shape index (κ1) is 13.5. The molecule has 1 aliphatic rings. The minimum atomic E-state index is -0.218. The summed E-state index contributed by atoms with van der Waals surface area (Å²) in [7, 11) is 0. The van der Waals surface area contributed by atoms with E-state index in [-0.39, 0.29) is 18.0 Å². The van der Waals surface area contributed by atoms with Crippen molar-refractivity contribution in [2.75, 3.05) is 0 Å². The molecule has 22 heavy (non-hydrogen) atoms. The topological polar surface area (TPSA) is 14.2 Å². The first-order valence-corrected chi connectivity index (χ1v) is 7.64. The van der Waals surface area contributed by atoms with Crippen LogP contribution in [0.2, 0.25) is 0 Å². The number of halogens is 1. The molecule has 0 fully saturated rings. The van der Waals surface area contributed by atoms with Gasteiger partial charge in [0.1, 0.15) is 11.9 Å². The Morgan fingerprint density at radius 2 is 1.82 bits per heavy atom. The second-order valence-corrected chi connectivity index (χ2v) is 6.02. The molecule has 0 radical (unpaired) electrons. The average molecular weight is 295 g/mol. The number of benzene rings is 2. The van der Waals surface area contributed by atoms with Gasteiger partial charge in [-0.1, -0.05) is 30.3 Å². The molecule has 1 aromatic heterocycles. The molecule has 112 valence electrons. The number of nitrogens with zero attached hydrogens (tertiary/aromatic N) is 1. The van der Waals surface area contributed by atoms with Crippen LogP contribution < -0.4 is 0 Å². The Morgan fingerprint density at radius 1 is 1.09 bits per heavy atom. The summed E-state index contributed by atoms with van der Waals surface area (Å²) in [6.45, 7) is 5.08. The molecule has 2 atom stereocenters. The second-order valence-electron chi connectivity index (χ2n) is 6.02. The van der Waals surface area contributed by atoms with E-state index in [1.165, 1.54) is 34.3 Å². The number of para-hydroxylation sites is 1. The Kier molecular flexibility index (Phi) is 3.05. The molecule has 2 aromatic carbocycles. The lowest BCUT2D eigenvalue weighted by Gasteiger charge is -2.31. The van der Waals surface area contributed by atoms with Crippen LogP contribution in [0.25, 0.3) is 10.9 Å². The van der Waals surface area contributed by atoms with Crippen molar-refractivity contribution in [1.82, 2.24) is 4.57 Å². The summed E-state index contributed by atoms with van der Waals surface area (Å²) >= 11 is 0. The van der Waals surface area contributed by atoms with Gasteiger partial charge >= 0.3 is 0 Å². The van der Waals surface area contributed by atoms with Crippen LogP contribution in [-0.4, -0.2) is 10.7 Å². The van der Waals surface area contributed by atoms with E-state index in [0.29, 0.717) is 0 Å². The van der Waals surface area contributed by atoms with Crippen molar-refractivity contribution in [3.05, 3.63) is 71.2 Å². The van der Waals surface area contributed by atoms with Gasteiger partial charge in [-0.25, -0.2) is 4.39 Å². The fourth-order valence-electron chi connectivity index (χ4n) is 3.50. The third-order valence-corrected chi connectivity index (χ3v) is 4.50. The number of ether oxygens (including phenoxy) is 1. The zero-order chi connectivity index (χ0) is 15.3. The molecule has 0 unspecified atom stereocenters. The van der Waals surface area contributed by atoms with Gasteiger partial charge in [0.2, 0.25) is 0 Å². The zero-order valence-corrected chi connectivity index (χ0v) is 12.7. The predicted octanol–water partition coefficient (Wildman–Crippen LogP) is 4.60. The van der Waals surface area contributed by atoms with Crippen LogP contribution in [0.1, 0.15) is 29.8 Å².